The smallest absolute Gasteiger partial charge is 0.162 e. The standard InChI is InChI=1S/C29H28N3S.C13H24O2.Ir/c1-18(2)12-21-15-24-23(10-11-30-28(24)33-21)27-16-26(31-17-32-27)20-13-19-8-6-7-9-22(19)25(14-20)29(3,4)5;1-5-10(6-2)12(14)9-13(15)11(7-3)8-4;/h6-11,14-18H,12H2,1-5H3;9-11,14H,5-8H2,1-4H3;/q-1;;/b;12-9-;. The first-order valence-corrected chi connectivity index (χ1v) is 18.3. The van der Waals surface area contributed by atoms with Crippen LogP contribution in [0.2, 0.25) is 0 Å². The Morgan fingerprint density at radius 2 is 1.53 bits per heavy atom. The Morgan fingerprint density at radius 3 is 2.16 bits per heavy atom. The van der Waals surface area contributed by atoms with Gasteiger partial charge in [-0.3, -0.25) is 9.78 Å². The van der Waals surface area contributed by atoms with Crippen LogP contribution in [0.3, 0.4) is 0 Å². The average molecular weight is 855 g/mol. The molecule has 0 spiro atoms. The van der Waals surface area contributed by atoms with Gasteiger partial charge in [-0.25, -0.2) is 9.97 Å². The molecule has 5 nitrogen and oxygen atoms in total. The minimum Gasteiger partial charge on any atom is -0.512 e. The van der Waals surface area contributed by atoms with Crippen molar-refractivity contribution in [3.05, 3.63) is 89.4 Å². The van der Waals surface area contributed by atoms with E-state index < -0.39 is 0 Å². The van der Waals surface area contributed by atoms with Gasteiger partial charge in [-0.1, -0.05) is 91.5 Å². The van der Waals surface area contributed by atoms with Gasteiger partial charge in [-0.15, -0.1) is 40.5 Å². The van der Waals surface area contributed by atoms with Crippen molar-refractivity contribution in [2.24, 2.45) is 17.8 Å². The van der Waals surface area contributed by atoms with E-state index in [2.05, 4.69) is 104 Å². The molecule has 0 aliphatic heterocycles. The molecule has 2 aromatic carbocycles. The van der Waals surface area contributed by atoms with Gasteiger partial charge in [0.1, 0.15) is 11.2 Å². The molecule has 0 aliphatic carbocycles. The van der Waals surface area contributed by atoms with E-state index >= 15 is 0 Å². The van der Waals surface area contributed by atoms with E-state index in [0.717, 1.165) is 64.8 Å². The number of hydrogen-bond acceptors (Lipinski definition) is 6. The molecule has 5 rings (SSSR count). The van der Waals surface area contributed by atoms with E-state index in [1.165, 1.54) is 27.3 Å². The molecular formula is C42H52IrN3O2S-. The number of thiophene rings is 1. The van der Waals surface area contributed by atoms with Crippen molar-refractivity contribution in [1.82, 2.24) is 15.0 Å². The van der Waals surface area contributed by atoms with Crippen molar-refractivity contribution < 1.29 is 30.0 Å². The van der Waals surface area contributed by atoms with E-state index in [1.54, 1.807) is 17.7 Å². The number of pyridine rings is 1. The summed E-state index contributed by atoms with van der Waals surface area (Å²) in [4.78, 5) is 28.0. The molecule has 3 aromatic heterocycles. The summed E-state index contributed by atoms with van der Waals surface area (Å²) in [5.41, 5.74) is 5.22. The van der Waals surface area contributed by atoms with Crippen LogP contribution in [0, 0.1) is 23.8 Å². The van der Waals surface area contributed by atoms with Gasteiger partial charge in [0.05, 0.1) is 11.5 Å². The van der Waals surface area contributed by atoms with Crippen LogP contribution >= 0.6 is 11.3 Å². The van der Waals surface area contributed by atoms with Gasteiger partial charge < -0.3 is 5.11 Å². The Bertz CT molecular complexity index is 1860. The fourth-order valence-electron chi connectivity index (χ4n) is 6.14. The first kappa shape index (κ1) is 40.2. The summed E-state index contributed by atoms with van der Waals surface area (Å²) in [6.07, 6.45) is 9.52. The summed E-state index contributed by atoms with van der Waals surface area (Å²) in [5.74, 6) is 1.17. The maximum atomic E-state index is 11.7. The molecular weight excluding hydrogens is 803 g/mol. The van der Waals surface area contributed by atoms with E-state index in [9.17, 15) is 9.90 Å². The van der Waals surface area contributed by atoms with Gasteiger partial charge >= 0.3 is 0 Å². The zero-order chi connectivity index (χ0) is 35.0. The molecule has 7 heteroatoms. The van der Waals surface area contributed by atoms with Crippen molar-refractivity contribution in [2.45, 2.75) is 99.8 Å². The van der Waals surface area contributed by atoms with Gasteiger partial charge in [0.15, 0.2) is 5.78 Å². The monoisotopic (exact) mass is 855 g/mol. The summed E-state index contributed by atoms with van der Waals surface area (Å²) in [7, 11) is 0. The third-order valence-corrected chi connectivity index (χ3v) is 10.0. The van der Waals surface area contributed by atoms with Crippen LogP contribution in [0.25, 0.3) is 43.5 Å². The number of aromatic nitrogens is 3. The van der Waals surface area contributed by atoms with Crippen molar-refractivity contribution in [2.75, 3.05) is 0 Å². The largest absolute Gasteiger partial charge is 0.512 e. The molecule has 0 atom stereocenters. The summed E-state index contributed by atoms with van der Waals surface area (Å²) >= 11 is 1.78. The first-order chi connectivity index (χ1) is 22.9. The number of ketones is 1. The maximum Gasteiger partial charge on any atom is 0.162 e. The summed E-state index contributed by atoms with van der Waals surface area (Å²) in [6.45, 7) is 19.3. The molecule has 1 radical (unpaired) electrons. The Hall–Kier alpha value is -3.25. The Labute approximate surface area is 311 Å². The first-order valence-electron chi connectivity index (χ1n) is 17.5. The van der Waals surface area contributed by atoms with Crippen LogP contribution in [-0.4, -0.2) is 25.8 Å². The Morgan fingerprint density at radius 1 is 0.878 bits per heavy atom. The van der Waals surface area contributed by atoms with E-state index in [0.29, 0.717) is 5.92 Å². The van der Waals surface area contributed by atoms with Crippen molar-refractivity contribution >= 4 is 38.1 Å². The minimum atomic E-state index is 0. The zero-order valence-electron chi connectivity index (χ0n) is 30.6. The average Bonchev–Trinajstić information content (AvgIpc) is 3.47. The number of benzene rings is 2. The predicted octanol–water partition coefficient (Wildman–Crippen LogP) is 11.7. The third-order valence-electron chi connectivity index (χ3n) is 8.98. The number of hydrogen-bond donors (Lipinski definition) is 1. The van der Waals surface area contributed by atoms with Crippen LogP contribution in [0.15, 0.2) is 72.9 Å². The van der Waals surface area contributed by atoms with Gasteiger partial charge in [-0.2, -0.15) is 0 Å². The number of allylic oxidation sites excluding steroid dienone is 2. The van der Waals surface area contributed by atoms with Gasteiger partial charge in [-0.05, 0) is 61.6 Å². The summed E-state index contributed by atoms with van der Waals surface area (Å²) in [6, 6.07) is 20.7. The second kappa shape index (κ2) is 18.1. The third kappa shape index (κ3) is 10.2. The van der Waals surface area contributed by atoms with Crippen molar-refractivity contribution in [1.29, 1.82) is 0 Å². The molecule has 263 valence electrons. The number of aliphatic hydroxyl groups is 1. The molecule has 0 saturated heterocycles. The number of carbonyl (C=O) groups excluding carboxylic acids is 1. The van der Waals surface area contributed by atoms with Crippen LogP contribution in [-0.2, 0) is 36.7 Å². The molecule has 0 aliphatic rings. The molecule has 1 N–H and O–H groups in total. The number of aliphatic hydroxyl groups excluding tert-OH is 1. The number of fused-ring (bicyclic) bond motifs is 2. The molecule has 0 amide bonds. The fraction of sp³-hybridized carbons (Fsp3) is 0.429. The fourth-order valence-corrected chi connectivity index (χ4v) is 7.37. The number of nitrogens with zero attached hydrogens (tertiary/aromatic N) is 3. The maximum absolute atomic E-state index is 11.7. The van der Waals surface area contributed by atoms with Crippen LogP contribution in [0.5, 0.6) is 0 Å². The van der Waals surface area contributed by atoms with Gasteiger partial charge in [0, 0.05) is 65.7 Å². The topological polar surface area (TPSA) is 76.0 Å². The van der Waals surface area contributed by atoms with Crippen LogP contribution in [0.1, 0.15) is 98.4 Å². The molecule has 0 fully saturated rings. The van der Waals surface area contributed by atoms with E-state index in [-0.39, 0.29) is 48.9 Å². The molecule has 49 heavy (non-hydrogen) atoms. The normalized spacial score (nSPS) is 12.0. The molecule has 0 bridgehead atoms. The van der Waals surface area contributed by atoms with Gasteiger partial charge in [0.2, 0.25) is 0 Å². The van der Waals surface area contributed by atoms with Gasteiger partial charge in [0.25, 0.3) is 0 Å². The quantitative estimate of drug-likeness (QED) is 0.0814. The minimum absolute atomic E-state index is 0. The SMILES string of the molecule is CC(C)Cc1cc2c(-c3cc(-c4[c-]c5ccccc5c(C(C)(C)C)c4)ncn3)ccnc2s1.CCC(CC)C(=O)/C=C(\O)C(CC)CC.[Ir]. The molecule has 3 heterocycles. The second-order valence-corrected chi connectivity index (χ2v) is 15.2. The zero-order valence-corrected chi connectivity index (χ0v) is 33.8. The summed E-state index contributed by atoms with van der Waals surface area (Å²) in [5, 5.41) is 13.3. The predicted molar refractivity (Wildman–Crippen MR) is 204 cm³/mol. The summed E-state index contributed by atoms with van der Waals surface area (Å²) < 4.78 is 0. The molecule has 5 aromatic rings. The molecule has 0 unspecified atom stereocenters. The number of carbonyl (C=O) groups is 1. The second-order valence-electron chi connectivity index (χ2n) is 14.1. The van der Waals surface area contributed by atoms with Crippen molar-refractivity contribution in [3.8, 4) is 22.5 Å². The Kier molecular flexibility index (Phi) is 14.9. The Balaban J connectivity index is 0.000000347. The van der Waals surface area contributed by atoms with Crippen molar-refractivity contribution in [3.63, 3.8) is 0 Å². The van der Waals surface area contributed by atoms with E-state index in [1.807, 2.05) is 33.9 Å². The van der Waals surface area contributed by atoms with E-state index in [4.69, 9.17) is 0 Å². The number of rotatable bonds is 11. The van der Waals surface area contributed by atoms with Crippen LogP contribution < -0.4 is 0 Å². The van der Waals surface area contributed by atoms with Crippen LogP contribution in [0.4, 0.5) is 0 Å². The molecule has 0 saturated carbocycles.